The number of nitrogens with zero attached hydrogens (tertiary/aromatic N) is 2. The fraction of sp³-hybridized carbons (Fsp3) is 0.235. The molecule has 2 aromatic carbocycles. The molecule has 0 radical (unpaired) electrons. The van der Waals surface area contributed by atoms with E-state index >= 15 is 0 Å². The Labute approximate surface area is 143 Å². The maximum Gasteiger partial charge on any atom is 0.238 e. The summed E-state index contributed by atoms with van der Waals surface area (Å²) in [4.78, 5) is 6.59. The summed E-state index contributed by atoms with van der Waals surface area (Å²) in [5.74, 6) is 0.759. The number of nitrogens with two attached hydrogens (primary N) is 1. The zero-order valence-corrected chi connectivity index (χ0v) is 14.6. The second kappa shape index (κ2) is 7.94. The monoisotopic (exact) mass is 346 g/mol. The van der Waals surface area contributed by atoms with Crippen LogP contribution in [0.1, 0.15) is 11.1 Å². The molecule has 128 valence electrons. The number of nitrogens with one attached hydrogen (secondary N) is 1. The van der Waals surface area contributed by atoms with Gasteiger partial charge in [0.2, 0.25) is 10.0 Å². The van der Waals surface area contributed by atoms with Crippen molar-refractivity contribution in [2.75, 3.05) is 14.1 Å². The molecular weight excluding hydrogens is 324 g/mol. The molecule has 0 atom stereocenters. The van der Waals surface area contributed by atoms with Gasteiger partial charge in [0.15, 0.2) is 5.96 Å². The average molecular weight is 346 g/mol. The standard InChI is InChI=1S/C17H22N4O2S/c1-21(2)17(19-12-14-6-4-3-5-7-14)20-13-15-8-10-16(11-9-15)24(18,22)23/h3-11H,12-13H2,1-2H3,(H,19,20)(H2,18,22,23). The van der Waals surface area contributed by atoms with Gasteiger partial charge in [-0.3, -0.25) is 0 Å². The third kappa shape index (κ3) is 5.36. The van der Waals surface area contributed by atoms with Gasteiger partial charge in [0, 0.05) is 20.6 Å². The molecule has 24 heavy (non-hydrogen) atoms. The van der Waals surface area contributed by atoms with Gasteiger partial charge >= 0.3 is 0 Å². The molecule has 0 saturated heterocycles. The van der Waals surface area contributed by atoms with Gasteiger partial charge in [0.25, 0.3) is 0 Å². The molecule has 2 rings (SSSR count). The smallest absolute Gasteiger partial charge is 0.238 e. The van der Waals surface area contributed by atoms with Crippen LogP contribution in [0.5, 0.6) is 0 Å². The molecule has 0 aliphatic carbocycles. The summed E-state index contributed by atoms with van der Waals surface area (Å²) in [6.45, 7) is 1.13. The zero-order valence-electron chi connectivity index (χ0n) is 13.8. The number of hydrogen-bond donors (Lipinski definition) is 2. The van der Waals surface area contributed by atoms with Gasteiger partial charge in [-0.2, -0.15) is 0 Å². The van der Waals surface area contributed by atoms with Crippen molar-refractivity contribution in [2.45, 2.75) is 18.0 Å². The first-order chi connectivity index (χ1) is 11.4. The van der Waals surface area contributed by atoms with E-state index in [1.165, 1.54) is 12.1 Å². The minimum atomic E-state index is -3.66. The number of benzene rings is 2. The summed E-state index contributed by atoms with van der Waals surface area (Å²) in [5.41, 5.74) is 2.08. The van der Waals surface area contributed by atoms with E-state index in [0.29, 0.717) is 13.1 Å². The number of primary sulfonamides is 1. The summed E-state index contributed by atoms with van der Waals surface area (Å²) in [5, 5.41) is 8.35. The summed E-state index contributed by atoms with van der Waals surface area (Å²) in [6.07, 6.45) is 0. The van der Waals surface area contributed by atoms with Gasteiger partial charge in [-0.15, -0.1) is 0 Å². The van der Waals surface area contributed by atoms with Crippen LogP contribution in [0.2, 0.25) is 0 Å². The highest BCUT2D eigenvalue weighted by molar-refractivity contribution is 7.89. The van der Waals surface area contributed by atoms with Crippen molar-refractivity contribution in [1.82, 2.24) is 10.2 Å². The molecule has 0 spiro atoms. The summed E-state index contributed by atoms with van der Waals surface area (Å²) < 4.78 is 22.5. The van der Waals surface area contributed by atoms with Crippen LogP contribution in [0.4, 0.5) is 0 Å². The van der Waals surface area contributed by atoms with Gasteiger partial charge < -0.3 is 10.2 Å². The van der Waals surface area contributed by atoms with E-state index in [9.17, 15) is 8.42 Å². The molecule has 6 nitrogen and oxygen atoms in total. The van der Waals surface area contributed by atoms with E-state index in [2.05, 4.69) is 10.3 Å². The fourth-order valence-electron chi connectivity index (χ4n) is 2.08. The Morgan fingerprint density at radius 3 is 2.21 bits per heavy atom. The van der Waals surface area contributed by atoms with Crippen molar-refractivity contribution in [3.63, 3.8) is 0 Å². The molecular formula is C17H22N4O2S. The number of rotatable bonds is 5. The first-order valence-corrected chi connectivity index (χ1v) is 9.02. The van der Waals surface area contributed by atoms with E-state index < -0.39 is 10.0 Å². The SMILES string of the molecule is CN(C)C(=NCc1ccccc1)NCc1ccc(S(N)(=O)=O)cc1. The van der Waals surface area contributed by atoms with Crippen molar-refractivity contribution < 1.29 is 8.42 Å². The Morgan fingerprint density at radius 2 is 1.67 bits per heavy atom. The number of guanidine groups is 1. The third-order valence-corrected chi connectivity index (χ3v) is 4.31. The molecule has 3 N–H and O–H groups in total. The summed E-state index contributed by atoms with van der Waals surface area (Å²) >= 11 is 0. The molecule has 2 aromatic rings. The molecule has 0 unspecified atom stereocenters. The average Bonchev–Trinajstić information content (AvgIpc) is 2.55. The molecule has 0 heterocycles. The number of sulfonamides is 1. The minimum Gasteiger partial charge on any atom is -0.352 e. The molecule has 0 saturated carbocycles. The second-order valence-electron chi connectivity index (χ2n) is 5.56. The summed E-state index contributed by atoms with van der Waals surface area (Å²) in [7, 11) is 0.179. The van der Waals surface area contributed by atoms with E-state index in [0.717, 1.165) is 17.1 Å². The van der Waals surface area contributed by atoms with E-state index in [1.807, 2.05) is 49.3 Å². The maximum atomic E-state index is 11.3. The highest BCUT2D eigenvalue weighted by Crippen LogP contribution is 2.08. The Kier molecular flexibility index (Phi) is 5.94. The van der Waals surface area contributed by atoms with Crippen molar-refractivity contribution in [3.05, 3.63) is 65.7 Å². The van der Waals surface area contributed by atoms with Crippen LogP contribution in [-0.2, 0) is 23.1 Å². The predicted molar refractivity (Wildman–Crippen MR) is 95.9 cm³/mol. The lowest BCUT2D eigenvalue weighted by Crippen LogP contribution is -2.36. The van der Waals surface area contributed by atoms with Crippen LogP contribution in [-0.4, -0.2) is 33.4 Å². The molecule has 0 aliphatic rings. The van der Waals surface area contributed by atoms with Crippen LogP contribution in [0.3, 0.4) is 0 Å². The maximum absolute atomic E-state index is 11.3. The first-order valence-electron chi connectivity index (χ1n) is 7.47. The lowest BCUT2D eigenvalue weighted by molar-refractivity contribution is 0.578. The van der Waals surface area contributed by atoms with Gasteiger partial charge in [-0.25, -0.2) is 18.5 Å². The summed E-state index contributed by atoms with van der Waals surface area (Å²) in [6, 6.07) is 16.5. The van der Waals surface area contributed by atoms with Crippen molar-refractivity contribution in [3.8, 4) is 0 Å². The van der Waals surface area contributed by atoms with Gasteiger partial charge in [-0.05, 0) is 23.3 Å². The zero-order chi connectivity index (χ0) is 17.6. The van der Waals surface area contributed by atoms with E-state index in [1.54, 1.807) is 12.1 Å². The quantitative estimate of drug-likeness (QED) is 0.635. The largest absolute Gasteiger partial charge is 0.352 e. The Morgan fingerprint density at radius 1 is 1.04 bits per heavy atom. The van der Waals surface area contributed by atoms with E-state index in [4.69, 9.17) is 5.14 Å². The molecule has 0 fully saturated rings. The molecule has 7 heteroatoms. The van der Waals surface area contributed by atoms with Crippen LogP contribution in [0, 0.1) is 0 Å². The Balaban J connectivity index is 2.01. The molecule has 0 aromatic heterocycles. The number of hydrogen-bond acceptors (Lipinski definition) is 3. The van der Waals surface area contributed by atoms with Gasteiger partial charge in [0.05, 0.1) is 11.4 Å². The van der Waals surface area contributed by atoms with Crippen LogP contribution >= 0.6 is 0 Å². The van der Waals surface area contributed by atoms with Gasteiger partial charge in [-0.1, -0.05) is 42.5 Å². The Hall–Kier alpha value is -2.38. The number of aliphatic imine (C=N–C) groups is 1. The fourth-order valence-corrected chi connectivity index (χ4v) is 2.60. The van der Waals surface area contributed by atoms with Crippen molar-refractivity contribution >= 4 is 16.0 Å². The van der Waals surface area contributed by atoms with Gasteiger partial charge in [0.1, 0.15) is 0 Å². The van der Waals surface area contributed by atoms with Crippen molar-refractivity contribution in [2.24, 2.45) is 10.1 Å². The minimum absolute atomic E-state index is 0.108. The van der Waals surface area contributed by atoms with E-state index in [-0.39, 0.29) is 4.90 Å². The topological polar surface area (TPSA) is 87.8 Å². The third-order valence-electron chi connectivity index (χ3n) is 3.38. The van der Waals surface area contributed by atoms with Crippen molar-refractivity contribution in [1.29, 1.82) is 0 Å². The highest BCUT2D eigenvalue weighted by Gasteiger charge is 2.07. The lowest BCUT2D eigenvalue weighted by atomic mass is 10.2. The second-order valence-corrected chi connectivity index (χ2v) is 7.12. The molecule has 0 aliphatic heterocycles. The lowest BCUT2D eigenvalue weighted by Gasteiger charge is -2.18. The first kappa shape index (κ1) is 18.0. The van der Waals surface area contributed by atoms with Crippen LogP contribution < -0.4 is 10.5 Å². The van der Waals surface area contributed by atoms with Crippen LogP contribution in [0.15, 0.2) is 64.5 Å². The molecule has 0 bridgehead atoms. The highest BCUT2D eigenvalue weighted by atomic mass is 32.2. The normalized spacial score (nSPS) is 12.0. The molecule has 0 amide bonds. The van der Waals surface area contributed by atoms with Crippen LogP contribution in [0.25, 0.3) is 0 Å². The Bertz CT molecular complexity index is 785. The predicted octanol–water partition coefficient (Wildman–Crippen LogP) is 1.54.